The van der Waals surface area contributed by atoms with Crippen LogP contribution in [-0.2, 0) is 6.42 Å². The van der Waals surface area contributed by atoms with Gasteiger partial charge in [0.15, 0.2) is 11.6 Å². The predicted octanol–water partition coefficient (Wildman–Crippen LogP) is 2.11. The summed E-state index contributed by atoms with van der Waals surface area (Å²) < 4.78 is 0. The fraction of sp³-hybridized carbons (Fsp3) is 0.154. The third-order valence-electron chi connectivity index (χ3n) is 2.76. The molecule has 1 aromatic heterocycles. The third-order valence-corrected chi connectivity index (χ3v) is 2.76. The SMILES string of the molecule is Cc1c(Cc2ccccc2)c(O)[nH]c(=O)c1O.Cl. The minimum atomic E-state index is -0.670. The number of aromatic nitrogens is 1. The molecule has 1 aromatic carbocycles. The Kier molecular flexibility index (Phi) is 4.39. The summed E-state index contributed by atoms with van der Waals surface area (Å²) in [6.45, 7) is 1.61. The molecule has 0 saturated heterocycles. The Morgan fingerprint density at radius 2 is 1.78 bits per heavy atom. The van der Waals surface area contributed by atoms with Crippen LogP contribution in [0.3, 0.4) is 0 Å². The highest BCUT2D eigenvalue weighted by Crippen LogP contribution is 2.24. The van der Waals surface area contributed by atoms with E-state index in [1.165, 1.54) is 0 Å². The van der Waals surface area contributed by atoms with Crippen LogP contribution in [0.4, 0.5) is 0 Å². The van der Waals surface area contributed by atoms with Gasteiger partial charge in [0.25, 0.3) is 5.56 Å². The van der Waals surface area contributed by atoms with Crippen molar-refractivity contribution in [3.05, 3.63) is 57.4 Å². The molecule has 0 bridgehead atoms. The zero-order valence-electron chi connectivity index (χ0n) is 9.80. The highest BCUT2D eigenvalue weighted by atomic mass is 35.5. The molecule has 0 atom stereocenters. The number of aromatic amines is 1. The van der Waals surface area contributed by atoms with Crippen LogP contribution in [0.25, 0.3) is 0 Å². The van der Waals surface area contributed by atoms with Crippen LogP contribution < -0.4 is 5.56 Å². The number of aromatic hydroxyl groups is 2. The van der Waals surface area contributed by atoms with E-state index < -0.39 is 5.56 Å². The fourth-order valence-corrected chi connectivity index (χ4v) is 1.75. The molecule has 0 aliphatic carbocycles. The van der Waals surface area contributed by atoms with Crippen molar-refractivity contribution >= 4 is 12.4 Å². The number of hydrogen-bond donors (Lipinski definition) is 3. The zero-order chi connectivity index (χ0) is 12.4. The third kappa shape index (κ3) is 2.65. The standard InChI is InChI=1S/C13H13NO3.ClH/c1-8-10(7-9-5-3-2-4-6-9)12(16)14-13(17)11(8)15;/h2-6,15H,7H2,1H3,(H2,14,16,17);1H. The number of hydrogen-bond acceptors (Lipinski definition) is 3. The van der Waals surface area contributed by atoms with Crippen LogP contribution in [0.1, 0.15) is 16.7 Å². The summed E-state index contributed by atoms with van der Waals surface area (Å²) in [5.41, 5.74) is 1.28. The molecule has 2 aromatic rings. The number of H-pyrrole nitrogens is 1. The van der Waals surface area contributed by atoms with Gasteiger partial charge in [-0.15, -0.1) is 12.4 Å². The molecule has 0 radical (unpaired) electrons. The minimum absolute atomic E-state index is 0. The van der Waals surface area contributed by atoms with Crippen LogP contribution in [0.2, 0.25) is 0 Å². The van der Waals surface area contributed by atoms with E-state index in [-0.39, 0.29) is 24.0 Å². The summed E-state index contributed by atoms with van der Waals surface area (Å²) in [6.07, 6.45) is 0.461. The van der Waals surface area contributed by atoms with Gasteiger partial charge in [0, 0.05) is 17.5 Å². The van der Waals surface area contributed by atoms with E-state index >= 15 is 0 Å². The van der Waals surface area contributed by atoms with Gasteiger partial charge in [0.1, 0.15) is 0 Å². The summed E-state index contributed by atoms with van der Waals surface area (Å²) in [5, 5.41) is 19.2. The van der Waals surface area contributed by atoms with E-state index in [1.54, 1.807) is 6.92 Å². The first-order chi connectivity index (χ1) is 8.09. The molecule has 0 fully saturated rings. The molecular formula is C13H14ClNO3. The van der Waals surface area contributed by atoms with Gasteiger partial charge in [-0.2, -0.15) is 0 Å². The normalized spacial score (nSPS) is 9.83. The lowest BCUT2D eigenvalue weighted by atomic mass is 10.0. The van der Waals surface area contributed by atoms with Crippen molar-refractivity contribution < 1.29 is 10.2 Å². The summed E-state index contributed by atoms with van der Waals surface area (Å²) in [5.74, 6) is -0.525. The van der Waals surface area contributed by atoms with Crippen molar-refractivity contribution in [2.24, 2.45) is 0 Å². The van der Waals surface area contributed by atoms with Crippen molar-refractivity contribution in [2.45, 2.75) is 13.3 Å². The molecule has 0 amide bonds. The molecule has 96 valence electrons. The van der Waals surface area contributed by atoms with E-state index in [0.717, 1.165) is 5.56 Å². The molecule has 0 spiro atoms. The monoisotopic (exact) mass is 267 g/mol. The Balaban J connectivity index is 0.00000162. The highest BCUT2D eigenvalue weighted by Gasteiger charge is 2.13. The zero-order valence-corrected chi connectivity index (χ0v) is 10.6. The first-order valence-corrected chi connectivity index (χ1v) is 5.27. The smallest absolute Gasteiger partial charge is 0.293 e. The summed E-state index contributed by atoms with van der Waals surface area (Å²) >= 11 is 0. The molecular weight excluding hydrogens is 254 g/mol. The first kappa shape index (κ1) is 14.1. The van der Waals surface area contributed by atoms with E-state index in [2.05, 4.69) is 4.98 Å². The summed E-state index contributed by atoms with van der Waals surface area (Å²) in [6, 6.07) is 9.53. The Hall–Kier alpha value is -1.94. The topological polar surface area (TPSA) is 73.3 Å². The fourth-order valence-electron chi connectivity index (χ4n) is 1.75. The van der Waals surface area contributed by atoms with Gasteiger partial charge >= 0.3 is 0 Å². The lowest BCUT2D eigenvalue weighted by Gasteiger charge is -2.09. The Morgan fingerprint density at radius 3 is 2.39 bits per heavy atom. The maximum absolute atomic E-state index is 11.2. The van der Waals surface area contributed by atoms with E-state index in [0.29, 0.717) is 17.5 Å². The van der Waals surface area contributed by atoms with Gasteiger partial charge in [-0.3, -0.25) is 9.78 Å². The van der Waals surface area contributed by atoms with Crippen LogP contribution in [0, 0.1) is 6.92 Å². The van der Waals surface area contributed by atoms with Gasteiger partial charge < -0.3 is 10.2 Å². The number of nitrogens with one attached hydrogen (secondary N) is 1. The molecule has 0 aliphatic heterocycles. The second kappa shape index (κ2) is 5.60. The van der Waals surface area contributed by atoms with Crippen molar-refractivity contribution in [3.8, 4) is 11.6 Å². The Labute approximate surface area is 110 Å². The molecule has 0 unspecified atom stereocenters. The van der Waals surface area contributed by atoms with Crippen molar-refractivity contribution in [1.29, 1.82) is 0 Å². The quantitative estimate of drug-likeness (QED) is 0.780. The van der Waals surface area contributed by atoms with Crippen LogP contribution in [-0.4, -0.2) is 15.2 Å². The summed E-state index contributed by atoms with van der Waals surface area (Å²) in [4.78, 5) is 13.4. The minimum Gasteiger partial charge on any atom is -0.503 e. The van der Waals surface area contributed by atoms with Crippen LogP contribution in [0.5, 0.6) is 11.6 Å². The average Bonchev–Trinajstić information content (AvgIpc) is 2.33. The molecule has 18 heavy (non-hydrogen) atoms. The van der Waals surface area contributed by atoms with Gasteiger partial charge in [0.2, 0.25) is 0 Å². The van der Waals surface area contributed by atoms with Crippen molar-refractivity contribution in [3.63, 3.8) is 0 Å². The number of rotatable bonds is 2. The van der Waals surface area contributed by atoms with Crippen molar-refractivity contribution in [1.82, 2.24) is 4.98 Å². The van der Waals surface area contributed by atoms with Crippen LogP contribution >= 0.6 is 12.4 Å². The highest BCUT2D eigenvalue weighted by molar-refractivity contribution is 5.85. The lowest BCUT2D eigenvalue weighted by Crippen LogP contribution is -2.09. The Morgan fingerprint density at radius 1 is 1.17 bits per heavy atom. The average molecular weight is 268 g/mol. The molecule has 0 aliphatic rings. The largest absolute Gasteiger partial charge is 0.503 e. The second-order valence-electron chi connectivity index (χ2n) is 3.92. The van der Waals surface area contributed by atoms with E-state index in [4.69, 9.17) is 0 Å². The van der Waals surface area contributed by atoms with Crippen LogP contribution in [0.15, 0.2) is 35.1 Å². The Bertz CT molecular complexity index is 593. The van der Waals surface area contributed by atoms with Gasteiger partial charge in [0.05, 0.1) is 0 Å². The van der Waals surface area contributed by atoms with Crippen molar-refractivity contribution in [2.75, 3.05) is 0 Å². The summed E-state index contributed by atoms with van der Waals surface area (Å²) in [7, 11) is 0. The van der Waals surface area contributed by atoms with Gasteiger partial charge in [-0.1, -0.05) is 30.3 Å². The number of halogens is 1. The van der Waals surface area contributed by atoms with Gasteiger partial charge in [-0.05, 0) is 12.5 Å². The molecule has 0 saturated carbocycles. The second-order valence-corrected chi connectivity index (χ2v) is 3.92. The van der Waals surface area contributed by atoms with E-state index in [9.17, 15) is 15.0 Å². The maximum Gasteiger partial charge on any atom is 0.293 e. The molecule has 1 heterocycles. The molecule has 5 heteroatoms. The lowest BCUT2D eigenvalue weighted by molar-refractivity contribution is 0.426. The first-order valence-electron chi connectivity index (χ1n) is 5.27. The maximum atomic E-state index is 11.2. The van der Waals surface area contributed by atoms with E-state index in [1.807, 2.05) is 30.3 Å². The number of pyridine rings is 1. The number of benzene rings is 1. The molecule has 3 N–H and O–H groups in total. The molecule has 4 nitrogen and oxygen atoms in total. The van der Waals surface area contributed by atoms with Gasteiger partial charge in [-0.25, -0.2) is 0 Å². The molecule has 2 rings (SSSR count). The predicted molar refractivity (Wildman–Crippen MR) is 71.6 cm³/mol.